The van der Waals surface area contributed by atoms with Crippen LogP contribution in [0.4, 0.5) is 4.39 Å². The highest BCUT2D eigenvalue weighted by Gasteiger charge is 2.43. The van der Waals surface area contributed by atoms with E-state index in [1.807, 2.05) is 17.9 Å². The van der Waals surface area contributed by atoms with Gasteiger partial charge in [0.15, 0.2) is 0 Å². The second kappa shape index (κ2) is 10.5. The first kappa shape index (κ1) is 25.7. The molecule has 0 spiro atoms. The van der Waals surface area contributed by atoms with Crippen molar-refractivity contribution in [1.82, 2.24) is 4.90 Å². The summed E-state index contributed by atoms with van der Waals surface area (Å²) in [5.41, 5.74) is 1.07. The molecule has 1 saturated heterocycles. The third-order valence-corrected chi connectivity index (χ3v) is 8.48. The molecule has 0 bridgehead atoms. The first-order valence-corrected chi connectivity index (χ1v) is 13.2. The average molecular weight is 528 g/mol. The predicted octanol–water partition coefficient (Wildman–Crippen LogP) is 5.56. The molecule has 2 heterocycles. The Balaban J connectivity index is 1.26. The van der Waals surface area contributed by atoms with Crippen LogP contribution in [0.5, 0.6) is 5.75 Å². The van der Waals surface area contributed by atoms with Crippen molar-refractivity contribution in [2.75, 3.05) is 13.1 Å². The van der Waals surface area contributed by atoms with Crippen molar-refractivity contribution < 1.29 is 23.4 Å². The van der Waals surface area contributed by atoms with E-state index in [1.165, 1.54) is 6.07 Å². The van der Waals surface area contributed by atoms with Crippen molar-refractivity contribution in [3.05, 3.63) is 74.3 Å². The number of ether oxygens (including phenoxy) is 1. The topological polar surface area (TPSA) is 80.0 Å². The van der Waals surface area contributed by atoms with Gasteiger partial charge in [0.05, 0.1) is 10.6 Å². The lowest BCUT2D eigenvalue weighted by atomic mass is 9.71. The van der Waals surface area contributed by atoms with Gasteiger partial charge in [0.25, 0.3) is 0 Å². The number of aryl methyl sites for hydroxylation is 1. The Hall–Kier alpha value is -2.90. The van der Waals surface area contributed by atoms with E-state index < -0.39 is 17.0 Å². The average Bonchev–Trinajstić information content (AvgIpc) is 2.88. The number of aliphatic hydroxyl groups is 1. The van der Waals surface area contributed by atoms with Gasteiger partial charge in [-0.3, -0.25) is 4.79 Å². The van der Waals surface area contributed by atoms with Crippen LogP contribution in [0.15, 0.2) is 45.6 Å². The maximum absolute atomic E-state index is 13.7. The third-order valence-electron chi connectivity index (χ3n) is 8.05. The van der Waals surface area contributed by atoms with Gasteiger partial charge in [-0.05, 0) is 56.4 Å². The van der Waals surface area contributed by atoms with Gasteiger partial charge < -0.3 is 19.2 Å². The number of nitrogens with zero attached hydrogens (tertiary/aromatic N) is 1. The Kier molecular flexibility index (Phi) is 7.28. The van der Waals surface area contributed by atoms with E-state index in [1.54, 1.807) is 24.3 Å². The Morgan fingerprint density at radius 3 is 2.95 bits per heavy atom. The number of carbonyl (C=O) groups excluding carboxylic acids is 1. The zero-order valence-electron chi connectivity index (χ0n) is 20.9. The van der Waals surface area contributed by atoms with Gasteiger partial charge in [-0.25, -0.2) is 9.18 Å². The number of likely N-dealkylation sites (tertiary alicyclic amines) is 1. The summed E-state index contributed by atoms with van der Waals surface area (Å²) < 4.78 is 25.0. The normalized spacial score (nSPS) is 21.6. The van der Waals surface area contributed by atoms with Gasteiger partial charge in [0.2, 0.25) is 5.91 Å². The largest absolute Gasteiger partial charge is 0.489 e. The molecule has 1 saturated carbocycles. The van der Waals surface area contributed by atoms with Crippen molar-refractivity contribution in [1.29, 1.82) is 0 Å². The maximum Gasteiger partial charge on any atom is 0.339 e. The number of fused-ring (bicyclic) bond motifs is 2. The van der Waals surface area contributed by atoms with Crippen LogP contribution in [0.25, 0.3) is 11.0 Å². The lowest BCUT2D eigenvalue weighted by Crippen LogP contribution is -2.54. The monoisotopic (exact) mass is 527 g/mol. The molecule has 2 aliphatic rings. The van der Waals surface area contributed by atoms with Crippen molar-refractivity contribution >= 4 is 28.5 Å². The summed E-state index contributed by atoms with van der Waals surface area (Å²) in [6.07, 6.45) is 5.06. The molecule has 8 heteroatoms. The second-order valence-electron chi connectivity index (χ2n) is 10.3. The highest BCUT2D eigenvalue weighted by atomic mass is 35.5. The summed E-state index contributed by atoms with van der Waals surface area (Å²) in [6.45, 7) is 3.07. The molecule has 2 aromatic carbocycles. The molecule has 2 atom stereocenters. The van der Waals surface area contributed by atoms with Gasteiger partial charge in [-0.2, -0.15) is 0 Å². The highest BCUT2D eigenvalue weighted by Crippen LogP contribution is 2.40. The Labute approximate surface area is 220 Å². The first-order valence-electron chi connectivity index (χ1n) is 12.9. The standard InChI is InChI=1S/C29H31ClFNO5/c1-18-22-9-8-21(36-17-19-5-4-7-24(31)27(19)30)15-25(22)37-28(34)23(18)10-11-26(33)32-14-13-29(35)12-3-2-6-20(29)16-32/h4-5,7-9,15,20,35H,2-3,6,10-14,16-17H2,1H3/t20-,29+/m0/s1. The van der Waals surface area contributed by atoms with Crippen molar-refractivity contribution in [3.63, 3.8) is 0 Å². The number of halogens is 2. The molecule has 196 valence electrons. The minimum Gasteiger partial charge on any atom is -0.489 e. The van der Waals surface area contributed by atoms with Crippen LogP contribution in [-0.4, -0.2) is 34.6 Å². The van der Waals surface area contributed by atoms with Crippen LogP contribution < -0.4 is 10.4 Å². The van der Waals surface area contributed by atoms with Gasteiger partial charge in [-0.1, -0.05) is 36.6 Å². The minimum absolute atomic E-state index is 0.00581. The van der Waals surface area contributed by atoms with Crippen LogP contribution >= 0.6 is 11.6 Å². The summed E-state index contributed by atoms with van der Waals surface area (Å²) >= 11 is 6.00. The molecular formula is C29H31ClFNO5. The molecule has 1 aliphatic carbocycles. The summed E-state index contributed by atoms with van der Waals surface area (Å²) in [5, 5.41) is 11.7. The molecule has 0 radical (unpaired) electrons. The second-order valence-corrected chi connectivity index (χ2v) is 10.7. The van der Waals surface area contributed by atoms with Crippen LogP contribution in [-0.2, 0) is 17.8 Å². The molecule has 1 aromatic heterocycles. The molecule has 37 heavy (non-hydrogen) atoms. The smallest absolute Gasteiger partial charge is 0.339 e. The fourth-order valence-corrected chi connectivity index (χ4v) is 5.94. The van der Waals surface area contributed by atoms with Crippen LogP contribution in [0, 0.1) is 18.7 Å². The predicted molar refractivity (Wildman–Crippen MR) is 139 cm³/mol. The van der Waals surface area contributed by atoms with Crippen LogP contribution in [0.2, 0.25) is 5.02 Å². The van der Waals surface area contributed by atoms with Crippen molar-refractivity contribution in [3.8, 4) is 5.75 Å². The van der Waals surface area contributed by atoms with E-state index in [2.05, 4.69) is 0 Å². The molecule has 3 aromatic rings. The molecule has 6 nitrogen and oxygen atoms in total. The Morgan fingerprint density at radius 1 is 1.27 bits per heavy atom. The number of benzene rings is 2. The van der Waals surface area contributed by atoms with Gasteiger partial charge in [0, 0.05) is 48.0 Å². The van der Waals surface area contributed by atoms with Crippen LogP contribution in [0.3, 0.4) is 0 Å². The van der Waals surface area contributed by atoms with E-state index in [-0.39, 0.29) is 29.9 Å². The zero-order chi connectivity index (χ0) is 26.2. The SMILES string of the molecule is Cc1c(CCC(=O)N2CC[C@]3(O)CCCC[C@H]3C2)c(=O)oc2cc(OCc3cccc(F)c3Cl)ccc12. The number of hydrogen-bond acceptors (Lipinski definition) is 5. The quantitative estimate of drug-likeness (QED) is 0.425. The molecule has 1 aliphatic heterocycles. The summed E-state index contributed by atoms with van der Waals surface area (Å²) in [4.78, 5) is 27.6. The number of hydrogen-bond donors (Lipinski definition) is 1. The van der Waals surface area contributed by atoms with E-state index >= 15 is 0 Å². The number of carbonyl (C=O) groups is 1. The van der Waals surface area contributed by atoms with E-state index in [0.717, 1.165) is 36.6 Å². The molecular weight excluding hydrogens is 497 g/mol. The fraction of sp³-hybridized carbons (Fsp3) is 0.448. The molecule has 1 N–H and O–H groups in total. The van der Waals surface area contributed by atoms with Gasteiger partial charge in [-0.15, -0.1) is 0 Å². The van der Waals surface area contributed by atoms with E-state index in [4.69, 9.17) is 20.8 Å². The summed E-state index contributed by atoms with van der Waals surface area (Å²) in [6, 6.07) is 9.74. The fourth-order valence-electron chi connectivity index (χ4n) is 5.76. The Bertz CT molecular complexity index is 1390. The molecule has 1 amide bonds. The zero-order valence-corrected chi connectivity index (χ0v) is 21.7. The van der Waals surface area contributed by atoms with E-state index in [0.29, 0.717) is 48.4 Å². The lowest BCUT2D eigenvalue weighted by Gasteiger charge is -2.47. The van der Waals surface area contributed by atoms with Crippen LogP contribution in [0.1, 0.15) is 55.2 Å². The molecule has 5 rings (SSSR count). The number of piperidine rings is 1. The molecule has 2 fully saturated rings. The lowest BCUT2D eigenvalue weighted by molar-refractivity contribution is -0.143. The third kappa shape index (κ3) is 5.25. The maximum atomic E-state index is 13.7. The highest BCUT2D eigenvalue weighted by molar-refractivity contribution is 6.31. The summed E-state index contributed by atoms with van der Waals surface area (Å²) in [5.74, 6) is 0.0989. The summed E-state index contributed by atoms with van der Waals surface area (Å²) in [7, 11) is 0. The first-order chi connectivity index (χ1) is 17.7. The van der Waals surface area contributed by atoms with Gasteiger partial charge >= 0.3 is 5.63 Å². The van der Waals surface area contributed by atoms with Crippen molar-refractivity contribution in [2.24, 2.45) is 5.92 Å². The molecule has 0 unspecified atom stereocenters. The Morgan fingerprint density at radius 2 is 2.11 bits per heavy atom. The van der Waals surface area contributed by atoms with E-state index in [9.17, 15) is 19.1 Å². The minimum atomic E-state index is -0.628. The number of rotatable bonds is 6. The van der Waals surface area contributed by atoms with Crippen molar-refractivity contribution in [2.45, 2.75) is 64.1 Å². The number of amides is 1. The van der Waals surface area contributed by atoms with Gasteiger partial charge in [0.1, 0.15) is 23.8 Å².